The van der Waals surface area contributed by atoms with Gasteiger partial charge in [0.05, 0.1) is 24.6 Å². The molecule has 0 radical (unpaired) electrons. The highest BCUT2D eigenvalue weighted by Gasteiger charge is 2.48. The lowest BCUT2D eigenvalue weighted by Crippen LogP contribution is -2.46. The van der Waals surface area contributed by atoms with Crippen molar-refractivity contribution in [3.63, 3.8) is 0 Å². The highest BCUT2D eigenvalue weighted by Crippen LogP contribution is 2.48. The van der Waals surface area contributed by atoms with E-state index in [1.54, 1.807) is 36.4 Å². The van der Waals surface area contributed by atoms with Crippen molar-refractivity contribution in [1.29, 1.82) is 0 Å². The summed E-state index contributed by atoms with van der Waals surface area (Å²) >= 11 is 12.7. The van der Waals surface area contributed by atoms with Gasteiger partial charge in [0.2, 0.25) is 31.2 Å². The Kier molecular flexibility index (Phi) is 17.0. The van der Waals surface area contributed by atoms with Crippen LogP contribution in [0, 0.1) is 0 Å². The Labute approximate surface area is 467 Å². The summed E-state index contributed by atoms with van der Waals surface area (Å²) in [6.45, 7) is 3.85. The van der Waals surface area contributed by atoms with E-state index in [2.05, 4.69) is 21.9 Å². The third kappa shape index (κ3) is 11.8. The number of hydrogen-bond acceptors (Lipinski definition) is 12. The summed E-state index contributed by atoms with van der Waals surface area (Å²) in [4.78, 5) is 29.2. The number of nitrogens with zero attached hydrogens (tertiary/aromatic N) is 4. The number of carboxylic acid groups (broad SMARTS) is 2. The minimum Gasteiger partial charge on any atom is -0.490 e. The molecule has 20 heteroatoms. The number of aryl methyl sites for hydroxylation is 2. The molecule has 4 aromatic carbocycles. The number of aliphatic hydroxyl groups is 2. The predicted octanol–water partition coefficient (Wildman–Crippen LogP) is 8.17. The normalized spacial score (nSPS) is 28.3. The van der Waals surface area contributed by atoms with Crippen LogP contribution in [0.15, 0.2) is 97.1 Å². The van der Waals surface area contributed by atoms with Crippen molar-refractivity contribution in [2.45, 2.75) is 99.1 Å². The third-order valence-corrected chi connectivity index (χ3v) is 20.9. The molecule has 0 fully saturated rings. The number of sulfonamides is 2. The number of halogens is 2. The van der Waals surface area contributed by atoms with Crippen LogP contribution in [0.3, 0.4) is 0 Å². The van der Waals surface area contributed by atoms with Crippen LogP contribution in [0.4, 0.5) is 11.4 Å². The van der Waals surface area contributed by atoms with Gasteiger partial charge in [-0.1, -0.05) is 71.8 Å². The lowest BCUT2D eigenvalue weighted by molar-refractivity contribution is -0.157. The SMILES string of the molecule is CN1C/C=C/CCCCN2C[C@@]3(CCCc4cc(Cl)ccc43)COc3ccc(cc32)[C@@](O)(C(=O)O)CS1(=O)=O.CN1C/C=C/CCCCN2C[C@@]3(CCCc4cc(Cl)ccc43)COc3ccc(cc32)[C@](O)(C(=O)O)CS1(=O)=O. The van der Waals surface area contributed by atoms with Crippen LogP contribution < -0.4 is 19.3 Å². The van der Waals surface area contributed by atoms with Gasteiger partial charge in [0.15, 0.2) is 0 Å². The molecule has 10 rings (SSSR count). The lowest BCUT2D eigenvalue weighted by Gasteiger charge is -2.41. The molecular weight excluding hydrogens is 1080 g/mol. The van der Waals surface area contributed by atoms with Crippen LogP contribution in [-0.4, -0.2) is 136 Å². The zero-order valence-corrected chi connectivity index (χ0v) is 47.4. The number of anilines is 2. The van der Waals surface area contributed by atoms with Gasteiger partial charge in [0, 0.05) is 74.2 Å². The van der Waals surface area contributed by atoms with Crippen LogP contribution in [0.2, 0.25) is 10.0 Å². The minimum atomic E-state index is -4.09. The summed E-state index contributed by atoms with van der Waals surface area (Å²) in [6.07, 6.45) is 18.4. The molecule has 2 aliphatic carbocycles. The third-order valence-electron chi connectivity index (χ3n) is 16.6. The molecule has 6 aliphatic rings. The molecule has 420 valence electrons. The molecule has 0 aromatic heterocycles. The van der Waals surface area contributed by atoms with Crippen LogP contribution in [0.5, 0.6) is 11.5 Å². The Hall–Kier alpha value is -5.18. The largest absolute Gasteiger partial charge is 0.490 e. The number of benzene rings is 4. The Balaban J connectivity index is 0.000000190. The first-order valence-corrected chi connectivity index (χ1v) is 30.8. The minimum absolute atomic E-state index is 0.0107. The fourth-order valence-corrected chi connectivity index (χ4v) is 15.2. The zero-order valence-electron chi connectivity index (χ0n) is 44.2. The number of ether oxygens (including phenoxy) is 2. The molecule has 4 aromatic rings. The molecule has 78 heavy (non-hydrogen) atoms. The molecule has 4 atom stereocenters. The van der Waals surface area contributed by atoms with E-state index < -0.39 is 54.7 Å². The van der Waals surface area contributed by atoms with E-state index in [-0.39, 0.29) is 35.0 Å². The highest BCUT2D eigenvalue weighted by molar-refractivity contribution is 7.89. The molecular formula is C58H70Cl2N4O12S2. The average molecular weight is 1150 g/mol. The maximum atomic E-state index is 13.1. The Morgan fingerprint density at radius 1 is 0.551 bits per heavy atom. The second-order valence-corrected chi connectivity index (χ2v) is 27.0. The summed E-state index contributed by atoms with van der Waals surface area (Å²) in [5.74, 6) is -4.00. The summed E-state index contributed by atoms with van der Waals surface area (Å²) in [5, 5.41) is 44.3. The molecule has 0 unspecified atom stereocenters. The first kappa shape index (κ1) is 57.5. The van der Waals surface area contributed by atoms with E-state index in [4.69, 9.17) is 32.7 Å². The first-order chi connectivity index (χ1) is 37.1. The van der Waals surface area contributed by atoms with Gasteiger partial charge in [0.1, 0.15) is 23.0 Å². The average Bonchev–Trinajstić information content (AvgIpc) is 3.68. The van der Waals surface area contributed by atoms with E-state index in [1.807, 2.05) is 36.4 Å². The van der Waals surface area contributed by atoms with Crippen LogP contribution in [0.1, 0.15) is 97.6 Å². The molecule has 16 nitrogen and oxygen atoms in total. The van der Waals surface area contributed by atoms with Crippen LogP contribution >= 0.6 is 23.2 Å². The number of carbonyl (C=O) groups is 2. The van der Waals surface area contributed by atoms with Gasteiger partial charge in [-0.05, 0) is 159 Å². The van der Waals surface area contributed by atoms with Crippen molar-refractivity contribution >= 4 is 66.6 Å². The van der Waals surface area contributed by atoms with Gasteiger partial charge >= 0.3 is 11.9 Å². The summed E-state index contributed by atoms with van der Waals surface area (Å²) in [7, 11) is -5.40. The summed E-state index contributed by atoms with van der Waals surface area (Å²) in [6, 6.07) is 21.6. The number of allylic oxidation sites excluding steroid dienone is 2. The van der Waals surface area contributed by atoms with E-state index in [9.17, 15) is 46.9 Å². The monoisotopic (exact) mass is 1150 g/mol. The standard InChI is InChI=1S/2C29H35ClN2O6S/c2*1-31-14-5-3-2-4-6-15-32-18-28(13-7-8-21-16-23(30)10-11-24(21)28)19-38-26-12-9-22(17-25(26)32)29(35,27(33)34)20-39(31,36)37/h2*3,5,9-12,16-17,35H,2,4,6-8,13-15,18-20H2,1H3,(H,33,34)/b2*5-3+/t28-,29+;28-,29-/m00/s1. The van der Waals surface area contributed by atoms with E-state index in [1.165, 1.54) is 48.5 Å². The van der Waals surface area contributed by atoms with E-state index >= 15 is 0 Å². The molecule has 0 saturated heterocycles. The van der Waals surface area contributed by atoms with Gasteiger partial charge in [0.25, 0.3) is 0 Å². The molecule has 4 heterocycles. The fourth-order valence-electron chi connectivity index (χ4n) is 12.1. The maximum Gasteiger partial charge on any atom is 0.341 e. The molecule has 0 saturated carbocycles. The van der Waals surface area contributed by atoms with Gasteiger partial charge in [-0.25, -0.2) is 35.0 Å². The van der Waals surface area contributed by atoms with Crippen molar-refractivity contribution in [3.8, 4) is 11.5 Å². The van der Waals surface area contributed by atoms with Gasteiger partial charge in [-0.3, -0.25) is 0 Å². The molecule has 4 bridgehead atoms. The molecule has 4 aliphatic heterocycles. The molecule has 0 amide bonds. The number of rotatable bonds is 2. The molecule has 4 N–H and O–H groups in total. The number of likely N-dealkylation sites (N-methyl/N-ethyl adjacent to an activating group) is 2. The van der Waals surface area contributed by atoms with Crippen molar-refractivity contribution in [2.75, 3.05) is 87.9 Å². The van der Waals surface area contributed by atoms with Crippen molar-refractivity contribution < 1.29 is 56.3 Å². The van der Waals surface area contributed by atoms with E-state index in [0.717, 1.165) is 85.7 Å². The Morgan fingerprint density at radius 3 is 1.36 bits per heavy atom. The van der Waals surface area contributed by atoms with Gasteiger partial charge < -0.3 is 39.7 Å². The Morgan fingerprint density at radius 2 is 0.962 bits per heavy atom. The zero-order chi connectivity index (χ0) is 55.7. The maximum absolute atomic E-state index is 13.1. The predicted molar refractivity (Wildman–Crippen MR) is 302 cm³/mol. The smallest absolute Gasteiger partial charge is 0.341 e. The lowest BCUT2D eigenvalue weighted by atomic mass is 9.70. The number of hydrogen-bond donors (Lipinski definition) is 4. The second-order valence-electron chi connectivity index (χ2n) is 22.0. The van der Waals surface area contributed by atoms with Gasteiger partial charge in [-0.15, -0.1) is 0 Å². The van der Waals surface area contributed by atoms with Crippen molar-refractivity contribution in [1.82, 2.24) is 8.61 Å². The van der Waals surface area contributed by atoms with Crippen molar-refractivity contribution in [2.24, 2.45) is 0 Å². The quantitative estimate of drug-likeness (QED) is 0.139. The molecule has 2 spiro atoms. The van der Waals surface area contributed by atoms with Gasteiger partial charge in [-0.2, -0.15) is 0 Å². The van der Waals surface area contributed by atoms with Crippen LogP contribution in [0.25, 0.3) is 0 Å². The van der Waals surface area contributed by atoms with Crippen LogP contribution in [-0.2, 0) is 64.5 Å². The summed E-state index contributed by atoms with van der Waals surface area (Å²) in [5.41, 5.74) is 0.429. The number of fused-ring (bicyclic) bond motifs is 6. The Bertz CT molecular complexity index is 3000. The second kappa shape index (κ2) is 23.1. The fraction of sp³-hybridized carbons (Fsp3) is 0.483. The topological polar surface area (TPSA) is 215 Å². The summed E-state index contributed by atoms with van der Waals surface area (Å²) < 4.78 is 67.3. The number of aliphatic carboxylic acids is 2. The van der Waals surface area contributed by atoms with E-state index in [0.29, 0.717) is 72.3 Å². The van der Waals surface area contributed by atoms with Crippen molar-refractivity contribution in [3.05, 3.63) is 141 Å². The first-order valence-electron chi connectivity index (χ1n) is 26.8. The highest BCUT2D eigenvalue weighted by atomic mass is 35.5. The number of carboxylic acids is 2.